The van der Waals surface area contributed by atoms with Crippen molar-refractivity contribution in [3.8, 4) is 16.9 Å². The number of pyridine rings is 3. The van der Waals surface area contributed by atoms with Crippen molar-refractivity contribution in [3.05, 3.63) is 103 Å². The highest BCUT2D eigenvalue weighted by atomic mass is 35.5. The molecule has 1 saturated carbocycles. The monoisotopic (exact) mass is 574 g/mol. The van der Waals surface area contributed by atoms with E-state index < -0.39 is 26.9 Å². The number of nitrogens with one attached hydrogen (secondary N) is 1. The first-order valence-corrected chi connectivity index (χ1v) is 14.3. The van der Waals surface area contributed by atoms with Crippen LogP contribution in [-0.2, 0) is 9.73 Å². The Morgan fingerprint density at radius 2 is 1.82 bits per heavy atom. The van der Waals surface area contributed by atoms with Gasteiger partial charge in [-0.25, -0.2) is 17.8 Å². The minimum absolute atomic E-state index is 0.00614. The highest BCUT2D eigenvalue weighted by Crippen LogP contribution is 2.56. The lowest BCUT2D eigenvalue weighted by Crippen LogP contribution is -2.24. The first-order chi connectivity index (χ1) is 17.9. The molecule has 3 heterocycles. The molecule has 1 aromatic carbocycles. The smallest absolute Gasteiger partial charge is 0.274 e. The van der Waals surface area contributed by atoms with E-state index in [2.05, 4.69) is 9.97 Å². The second-order valence-electron chi connectivity index (χ2n) is 9.49. The molecule has 0 spiro atoms. The van der Waals surface area contributed by atoms with Crippen LogP contribution < -0.4 is 5.56 Å². The maximum Gasteiger partial charge on any atom is 0.274 e. The third-order valence-electron chi connectivity index (χ3n) is 6.74. The Hall–Kier alpha value is -3.14. The van der Waals surface area contributed by atoms with E-state index in [0.29, 0.717) is 21.8 Å². The van der Waals surface area contributed by atoms with E-state index in [1.165, 1.54) is 24.4 Å². The Bertz CT molecular complexity index is 1790. The molecule has 38 heavy (non-hydrogen) atoms. The zero-order valence-corrected chi connectivity index (χ0v) is 22.9. The quantitative estimate of drug-likeness (QED) is 0.284. The fourth-order valence-corrected chi connectivity index (χ4v) is 6.09. The lowest BCUT2D eigenvalue weighted by atomic mass is 10.0. The van der Waals surface area contributed by atoms with E-state index in [1.54, 1.807) is 32.3 Å². The maximum atomic E-state index is 16.0. The van der Waals surface area contributed by atoms with Gasteiger partial charge in [-0.05, 0) is 73.1 Å². The van der Waals surface area contributed by atoms with Crippen LogP contribution in [0.3, 0.4) is 0 Å². The third kappa shape index (κ3) is 4.52. The van der Waals surface area contributed by atoms with Crippen LogP contribution >= 0.6 is 23.2 Å². The largest absolute Gasteiger partial charge is 0.277 e. The minimum Gasteiger partial charge on any atom is -0.277 e. The van der Waals surface area contributed by atoms with Crippen LogP contribution in [0.1, 0.15) is 40.6 Å². The van der Waals surface area contributed by atoms with Gasteiger partial charge in [0.05, 0.1) is 25.3 Å². The molecule has 5 rings (SSSR count). The lowest BCUT2D eigenvalue weighted by molar-refractivity contribution is 0.586. The molecule has 2 unspecified atom stereocenters. The fourth-order valence-electron chi connectivity index (χ4n) is 4.84. The van der Waals surface area contributed by atoms with Crippen molar-refractivity contribution in [1.82, 2.24) is 14.5 Å². The second kappa shape index (κ2) is 9.55. The molecule has 3 atom stereocenters. The van der Waals surface area contributed by atoms with Gasteiger partial charge in [-0.15, -0.1) is 0 Å². The van der Waals surface area contributed by atoms with Crippen LogP contribution in [0.5, 0.6) is 0 Å². The number of halogens is 4. The number of rotatable bonds is 5. The van der Waals surface area contributed by atoms with Crippen LogP contribution in [0.25, 0.3) is 16.9 Å². The zero-order chi connectivity index (χ0) is 27.5. The van der Waals surface area contributed by atoms with Gasteiger partial charge < -0.3 is 0 Å². The van der Waals surface area contributed by atoms with Crippen LogP contribution in [-0.4, -0.2) is 25.0 Å². The molecule has 1 fully saturated rings. The Morgan fingerprint density at radius 1 is 1.08 bits per heavy atom. The molecule has 6 nitrogen and oxygen atoms in total. The van der Waals surface area contributed by atoms with E-state index in [1.807, 2.05) is 6.07 Å². The summed E-state index contributed by atoms with van der Waals surface area (Å²) in [7, 11) is -3.41. The first-order valence-electron chi connectivity index (χ1n) is 11.6. The number of aryl methyl sites for hydroxylation is 2. The Kier molecular flexibility index (Phi) is 6.65. The van der Waals surface area contributed by atoms with Crippen molar-refractivity contribution in [2.24, 2.45) is 0 Å². The molecule has 0 aliphatic heterocycles. The summed E-state index contributed by atoms with van der Waals surface area (Å²) in [5, 5.41) is 0.500. The summed E-state index contributed by atoms with van der Waals surface area (Å²) in [4.78, 5) is 21.4. The van der Waals surface area contributed by atoms with Gasteiger partial charge in [0.1, 0.15) is 16.5 Å². The first kappa shape index (κ1) is 26.5. The van der Waals surface area contributed by atoms with Gasteiger partial charge in [-0.1, -0.05) is 29.3 Å². The number of nitrogens with zero attached hydrogens (tertiary/aromatic N) is 3. The SMILES string of the molecule is Cc1cnc(-c2cccc(S(C)(=N)=O)c2F)c(F)c1-n1c(C)cc([C@@H]2CC2c2cncc(Cl)c2)c(Cl)c1=O. The van der Waals surface area contributed by atoms with Crippen molar-refractivity contribution in [2.75, 3.05) is 6.26 Å². The fraction of sp³-hybridized carbons (Fsp3) is 0.222. The predicted octanol–water partition coefficient (Wildman–Crippen LogP) is 6.80. The van der Waals surface area contributed by atoms with Gasteiger partial charge in [0.25, 0.3) is 5.56 Å². The summed E-state index contributed by atoms with van der Waals surface area (Å²) in [5.41, 5.74) is 1.07. The topological polar surface area (TPSA) is 88.7 Å². The van der Waals surface area contributed by atoms with Crippen molar-refractivity contribution in [1.29, 1.82) is 4.78 Å². The summed E-state index contributed by atoms with van der Waals surface area (Å²) in [6.07, 6.45) is 6.47. The minimum atomic E-state index is -3.41. The molecular weight excluding hydrogens is 553 g/mol. The van der Waals surface area contributed by atoms with E-state index in [4.69, 9.17) is 28.0 Å². The number of aromatic nitrogens is 3. The molecule has 0 amide bonds. The van der Waals surface area contributed by atoms with Crippen LogP contribution in [0.15, 0.2) is 58.6 Å². The average molecular weight is 575 g/mol. The Morgan fingerprint density at radius 3 is 2.50 bits per heavy atom. The van der Waals surface area contributed by atoms with Gasteiger partial charge in [0, 0.05) is 36.1 Å². The van der Waals surface area contributed by atoms with Gasteiger partial charge in [-0.2, -0.15) is 0 Å². The molecule has 1 N–H and O–H groups in total. The summed E-state index contributed by atoms with van der Waals surface area (Å²) >= 11 is 12.6. The highest BCUT2D eigenvalue weighted by Gasteiger charge is 2.42. The molecule has 196 valence electrons. The van der Waals surface area contributed by atoms with Gasteiger partial charge in [0.2, 0.25) is 0 Å². The van der Waals surface area contributed by atoms with Gasteiger partial charge >= 0.3 is 0 Å². The molecule has 0 saturated heterocycles. The van der Waals surface area contributed by atoms with Gasteiger partial charge in [0.15, 0.2) is 5.82 Å². The van der Waals surface area contributed by atoms with Crippen LogP contribution in [0.4, 0.5) is 8.78 Å². The third-order valence-corrected chi connectivity index (χ3v) is 8.48. The van der Waals surface area contributed by atoms with Gasteiger partial charge in [-0.3, -0.25) is 19.3 Å². The second-order valence-corrected chi connectivity index (χ2v) is 12.4. The van der Waals surface area contributed by atoms with Crippen molar-refractivity contribution >= 4 is 32.9 Å². The van der Waals surface area contributed by atoms with Crippen LogP contribution in [0, 0.1) is 30.3 Å². The summed E-state index contributed by atoms with van der Waals surface area (Å²) < 4.78 is 52.4. The normalized spacial score (nSPS) is 18.3. The number of benzene rings is 1. The molecular formula is C27H22Cl2F2N4O2S. The standard InChI is InChI=1S/C27H22Cl2F2N4O2S/c1-13-10-34-25(17-5-4-6-21(23(17)30)38(3,32)37)24(31)26(13)35-14(2)7-20(22(29)27(35)36)19-9-18(19)15-8-16(28)12-33-11-15/h4-8,10-12,18-19,32H,9H2,1-3H3/t18?,19-,38?/m1/s1. The lowest BCUT2D eigenvalue weighted by Gasteiger charge is -2.18. The van der Waals surface area contributed by atoms with Crippen molar-refractivity contribution in [3.63, 3.8) is 0 Å². The molecule has 3 aromatic heterocycles. The summed E-state index contributed by atoms with van der Waals surface area (Å²) in [6.45, 7) is 3.26. The van der Waals surface area contributed by atoms with E-state index in [-0.39, 0.29) is 38.7 Å². The average Bonchev–Trinajstić information content (AvgIpc) is 3.64. The molecule has 0 radical (unpaired) electrons. The molecule has 1 aliphatic carbocycles. The van der Waals surface area contributed by atoms with E-state index in [0.717, 1.165) is 22.8 Å². The molecule has 1 aliphatic rings. The van der Waals surface area contributed by atoms with E-state index in [9.17, 15) is 9.00 Å². The number of hydrogen-bond acceptors (Lipinski definition) is 5. The maximum absolute atomic E-state index is 16.0. The highest BCUT2D eigenvalue weighted by molar-refractivity contribution is 7.91. The summed E-state index contributed by atoms with van der Waals surface area (Å²) in [5.74, 6) is -1.82. The van der Waals surface area contributed by atoms with E-state index >= 15 is 8.78 Å². The zero-order valence-electron chi connectivity index (χ0n) is 20.6. The molecule has 0 bridgehead atoms. The van der Waals surface area contributed by atoms with Crippen molar-refractivity contribution in [2.45, 2.75) is 37.0 Å². The van der Waals surface area contributed by atoms with Crippen LogP contribution in [0.2, 0.25) is 10.0 Å². The van der Waals surface area contributed by atoms with Crippen molar-refractivity contribution < 1.29 is 13.0 Å². The Balaban J connectivity index is 1.62. The molecule has 4 aromatic rings. The Labute approximate surface area is 228 Å². The predicted molar refractivity (Wildman–Crippen MR) is 144 cm³/mol. The molecule has 11 heteroatoms. The summed E-state index contributed by atoms with van der Waals surface area (Å²) in [6, 6.07) is 7.50. The number of hydrogen-bond donors (Lipinski definition) is 1.